The van der Waals surface area contributed by atoms with Crippen molar-refractivity contribution in [1.82, 2.24) is 5.43 Å². The van der Waals surface area contributed by atoms with E-state index in [-0.39, 0.29) is 6.04 Å². The average Bonchev–Trinajstić information content (AvgIpc) is 2.89. The molecular weight excluding hydrogens is 320 g/mol. The van der Waals surface area contributed by atoms with E-state index in [1.54, 1.807) is 11.3 Å². The second-order valence-corrected chi connectivity index (χ2v) is 6.63. The fraction of sp³-hybridized carbons (Fsp3) is 0.333. The summed E-state index contributed by atoms with van der Waals surface area (Å²) in [6.45, 7) is 4.24. The molecule has 2 aromatic rings. The van der Waals surface area contributed by atoms with Crippen molar-refractivity contribution in [2.45, 2.75) is 32.7 Å². The Morgan fingerprint density at radius 1 is 1.32 bits per heavy atom. The number of hydrogen-bond acceptors (Lipinski definition) is 3. The highest BCUT2D eigenvalue weighted by Crippen LogP contribution is 2.27. The van der Waals surface area contributed by atoms with Crippen molar-refractivity contribution in [2.24, 2.45) is 5.84 Å². The van der Waals surface area contributed by atoms with Gasteiger partial charge in [-0.05, 0) is 54.8 Å². The highest BCUT2D eigenvalue weighted by atomic mass is 79.9. The molecule has 0 saturated heterocycles. The number of benzene rings is 1. The van der Waals surface area contributed by atoms with Gasteiger partial charge in [0.25, 0.3) is 0 Å². The molecule has 0 aliphatic rings. The molecule has 0 amide bonds. The van der Waals surface area contributed by atoms with Crippen molar-refractivity contribution >= 4 is 27.3 Å². The molecule has 1 atom stereocenters. The van der Waals surface area contributed by atoms with Crippen LogP contribution in [0.3, 0.4) is 0 Å². The Labute approximate surface area is 127 Å². The molecule has 4 heteroatoms. The number of rotatable bonds is 5. The zero-order chi connectivity index (χ0) is 13.8. The maximum atomic E-state index is 5.72. The molecule has 0 radical (unpaired) electrons. The fourth-order valence-electron chi connectivity index (χ4n) is 2.27. The number of aryl methyl sites for hydroxylation is 3. The predicted molar refractivity (Wildman–Crippen MR) is 86.3 cm³/mol. The van der Waals surface area contributed by atoms with Gasteiger partial charge >= 0.3 is 0 Å². The summed E-state index contributed by atoms with van der Waals surface area (Å²) in [6.07, 6.45) is 2.07. The summed E-state index contributed by atoms with van der Waals surface area (Å²) in [7, 11) is 0. The van der Waals surface area contributed by atoms with E-state index < -0.39 is 0 Å². The third kappa shape index (κ3) is 3.66. The summed E-state index contributed by atoms with van der Waals surface area (Å²) in [4.78, 5) is 1.41. The first kappa shape index (κ1) is 14.7. The SMILES string of the molecule is Cc1cc(C(CCc2cccs2)NN)cc(C)c1Br. The van der Waals surface area contributed by atoms with Gasteiger partial charge in [-0.1, -0.05) is 34.1 Å². The van der Waals surface area contributed by atoms with E-state index in [0.717, 1.165) is 12.8 Å². The van der Waals surface area contributed by atoms with Crippen molar-refractivity contribution in [2.75, 3.05) is 0 Å². The van der Waals surface area contributed by atoms with E-state index in [9.17, 15) is 0 Å². The van der Waals surface area contributed by atoms with Crippen LogP contribution in [-0.2, 0) is 6.42 Å². The van der Waals surface area contributed by atoms with Crippen LogP contribution in [0.25, 0.3) is 0 Å². The van der Waals surface area contributed by atoms with E-state index in [4.69, 9.17) is 5.84 Å². The second-order valence-electron chi connectivity index (χ2n) is 4.81. The van der Waals surface area contributed by atoms with Gasteiger partial charge in [0.2, 0.25) is 0 Å². The minimum absolute atomic E-state index is 0.201. The van der Waals surface area contributed by atoms with Gasteiger partial charge < -0.3 is 0 Å². The van der Waals surface area contributed by atoms with Gasteiger partial charge in [-0.15, -0.1) is 11.3 Å². The van der Waals surface area contributed by atoms with Crippen molar-refractivity contribution in [3.05, 3.63) is 55.7 Å². The van der Waals surface area contributed by atoms with E-state index in [2.05, 4.69) is 64.8 Å². The monoisotopic (exact) mass is 338 g/mol. The normalized spacial score (nSPS) is 12.6. The smallest absolute Gasteiger partial charge is 0.0463 e. The van der Waals surface area contributed by atoms with E-state index in [1.165, 1.54) is 26.0 Å². The van der Waals surface area contributed by atoms with Crippen molar-refractivity contribution in [1.29, 1.82) is 0 Å². The zero-order valence-electron chi connectivity index (χ0n) is 11.2. The van der Waals surface area contributed by atoms with Gasteiger partial charge in [0, 0.05) is 15.4 Å². The van der Waals surface area contributed by atoms with Crippen LogP contribution in [-0.4, -0.2) is 0 Å². The molecule has 0 saturated carbocycles. The summed E-state index contributed by atoms with van der Waals surface area (Å²) in [5, 5.41) is 2.12. The van der Waals surface area contributed by atoms with Gasteiger partial charge in [-0.2, -0.15) is 0 Å². The molecule has 102 valence electrons. The lowest BCUT2D eigenvalue weighted by atomic mass is 9.98. The summed E-state index contributed by atoms with van der Waals surface area (Å²) < 4.78 is 1.19. The van der Waals surface area contributed by atoms with Gasteiger partial charge in [-0.3, -0.25) is 11.3 Å². The number of hydrogen-bond donors (Lipinski definition) is 2. The summed E-state index contributed by atoms with van der Waals surface area (Å²) in [5.41, 5.74) is 6.72. The molecule has 1 unspecified atom stereocenters. The number of nitrogens with two attached hydrogens (primary N) is 1. The van der Waals surface area contributed by atoms with Crippen LogP contribution in [0, 0.1) is 13.8 Å². The van der Waals surface area contributed by atoms with Crippen LogP contribution in [0.5, 0.6) is 0 Å². The molecule has 0 aliphatic carbocycles. The van der Waals surface area contributed by atoms with Gasteiger partial charge in [0.1, 0.15) is 0 Å². The fourth-order valence-corrected chi connectivity index (χ4v) is 3.22. The third-order valence-electron chi connectivity index (χ3n) is 3.32. The number of thiophene rings is 1. The van der Waals surface area contributed by atoms with Gasteiger partial charge in [0.15, 0.2) is 0 Å². The Morgan fingerprint density at radius 3 is 2.53 bits per heavy atom. The largest absolute Gasteiger partial charge is 0.271 e. The highest BCUT2D eigenvalue weighted by Gasteiger charge is 2.12. The van der Waals surface area contributed by atoms with Crippen LogP contribution in [0.15, 0.2) is 34.1 Å². The first-order chi connectivity index (χ1) is 9.11. The maximum Gasteiger partial charge on any atom is 0.0463 e. The molecular formula is C15H19BrN2S. The first-order valence-electron chi connectivity index (χ1n) is 6.37. The van der Waals surface area contributed by atoms with Crippen molar-refractivity contribution in [3.63, 3.8) is 0 Å². The number of halogens is 1. The summed E-state index contributed by atoms with van der Waals surface area (Å²) in [6, 6.07) is 8.88. The molecule has 2 rings (SSSR count). The topological polar surface area (TPSA) is 38.0 Å². The van der Waals surface area contributed by atoms with E-state index in [0.29, 0.717) is 0 Å². The van der Waals surface area contributed by atoms with Crippen LogP contribution in [0.4, 0.5) is 0 Å². The quantitative estimate of drug-likeness (QED) is 0.631. The molecule has 0 fully saturated rings. The number of nitrogens with one attached hydrogen (secondary N) is 1. The van der Waals surface area contributed by atoms with Crippen molar-refractivity contribution in [3.8, 4) is 0 Å². The standard InChI is InChI=1S/C15H19BrN2S/c1-10-8-12(9-11(2)15(10)16)14(18-17)6-5-13-4-3-7-19-13/h3-4,7-9,14,18H,5-6,17H2,1-2H3. The minimum atomic E-state index is 0.201. The van der Waals surface area contributed by atoms with Crippen molar-refractivity contribution < 1.29 is 0 Å². The Balaban J connectivity index is 2.13. The number of hydrazine groups is 1. The molecule has 1 heterocycles. The molecule has 0 aliphatic heterocycles. The van der Waals surface area contributed by atoms with Gasteiger partial charge in [-0.25, -0.2) is 0 Å². The Morgan fingerprint density at radius 2 is 2.00 bits per heavy atom. The predicted octanol–water partition coefficient (Wildman–Crippen LogP) is 4.26. The van der Waals surface area contributed by atoms with Gasteiger partial charge in [0.05, 0.1) is 0 Å². The zero-order valence-corrected chi connectivity index (χ0v) is 13.6. The summed E-state index contributed by atoms with van der Waals surface area (Å²) in [5.74, 6) is 5.72. The van der Waals surface area contributed by atoms with Crippen LogP contribution in [0.1, 0.15) is 34.0 Å². The van der Waals surface area contributed by atoms with Crippen LogP contribution < -0.4 is 11.3 Å². The molecule has 19 heavy (non-hydrogen) atoms. The lowest BCUT2D eigenvalue weighted by Crippen LogP contribution is -2.28. The van der Waals surface area contributed by atoms with E-state index in [1.807, 2.05) is 0 Å². The second kappa shape index (κ2) is 6.66. The Hall–Kier alpha value is -0.680. The lowest BCUT2D eigenvalue weighted by molar-refractivity contribution is 0.517. The maximum absolute atomic E-state index is 5.72. The molecule has 0 spiro atoms. The Kier molecular flexibility index (Phi) is 5.16. The molecule has 0 bridgehead atoms. The van der Waals surface area contributed by atoms with Crippen LogP contribution >= 0.6 is 27.3 Å². The minimum Gasteiger partial charge on any atom is -0.271 e. The molecule has 1 aromatic carbocycles. The lowest BCUT2D eigenvalue weighted by Gasteiger charge is -2.18. The Bertz CT molecular complexity index is 514. The average molecular weight is 339 g/mol. The third-order valence-corrected chi connectivity index (χ3v) is 5.51. The van der Waals surface area contributed by atoms with Crippen LogP contribution in [0.2, 0.25) is 0 Å². The highest BCUT2D eigenvalue weighted by molar-refractivity contribution is 9.10. The summed E-state index contributed by atoms with van der Waals surface area (Å²) >= 11 is 5.41. The first-order valence-corrected chi connectivity index (χ1v) is 8.04. The molecule has 3 N–H and O–H groups in total. The molecule has 1 aromatic heterocycles. The van der Waals surface area contributed by atoms with E-state index >= 15 is 0 Å². The molecule has 2 nitrogen and oxygen atoms in total.